The number of halogens is 1. The Morgan fingerprint density at radius 2 is 2.11 bits per heavy atom. The third-order valence-electron chi connectivity index (χ3n) is 2.65. The lowest BCUT2D eigenvalue weighted by Crippen LogP contribution is -2.13. The van der Waals surface area contributed by atoms with E-state index in [1.54, 1.807) is 6.20 Å². The molecular formula is C14H16BrN3O. The van der Waals surface area contributed by atoms with Crippen molar-refractivity contribution in [2.24, 2.45) is 0 Å². The molecule has 0 aliphatic rings. The molecule has 19 heavy (non-hydrogen) atoms. The fourth-order valence-corrected chi connectivity index (χ4v) is 1.98. The third-order valence-corrected chi connectivity index (χ3v) is 3.65. The number of nitrogens with zero attached hydrogens (tertiary/aromatic N) is 1. The zero-order valence-electron chi connectivity index (χ0n) is 10.7. The molecule has 0 saturated heterocycles. The molecule has 0 aliphatic carbocycles. The number of hydrogen-bond acceptors (Lipinski definition) is 4. The minimum atomic E-state index is 0.524. The quantitative estimate of drug-likeness (QED) is 0.655. The number of rotatable bonds is 5. The van der Waals surface area contributed by atoms with Crippen LogP contribution in [-0.2, 0) is 0 Å². The predicted octanol–water partition coefficient (Wildman–Crippen LogP) is 3.23. The Labute approximate surface area is 121 Å². The lowest BCUT2D eigenvalue weighted by atomic mass is 10.3. The number of nitrogen functional groups attached to an aromatic ring is 1. The van der Waals surface area contributed by atoms with E-state index in [0.717, 1.165) is 15.9 Å². The van der Waals surface area contributed by atoms with Crippen molar-refractivity contribution in [3.8, 4) is 5.75 Å². The molecule has 100 valence electrons. The van der Waals surface area contributed by atoms with Gasteiger partial charge in [-0.1, -0.05) is 12.1 Å². The fourth-order valence-electron chi connectivity index (χ4n) is 1.61. The van der Waals surface area contributed by atoms with E-state index in [-0.39, 0.29) is 0 Å². The summed E-state index contributed by atoms with van der Waals surface area (Å²) < 4.78 is 6.58. The summed E-state index contributed by atoms with van der Waals surface area (Å²) in [7, 11) is 0. The zero-order valence-corrected chi connectivity index (χ0v) is 12.3. The molecule has 0 radical (unpaired) electrons. The van der Waals surface area contributed by atoms with Crippen LogP contribution >= 0.6 is 15.9 Å². The summed E-state index contributed by atoms with van der Waals surface area (Å²) in [5.74, 6) is 1.53. The van der Waals surface area contributed by atoms with Crippen molar-refractivity contribution in [3.05, 3.63) is 46.6 Å². The van der Waals surface area contributed by atoms with E-state index >= 15 is 0 Å². The maximum absolute atomic E-state index is 5.79. The molecule has 0 saturated carbocycles. The van der Waals surface area contributed by atoms with Gasteiger partial charge in [-0.15, -0.1) is 0 Å². The van der Waals surface area contributed by atoms with Crippen molar-refractivity contribution < 1.29 is 4.74 Å². The standard InChI is InChI=1S/C14H16BrN3O/c1-10-6-7-17-14(13(10)15)18-8-9-19-12-5-3-2-4-11(12)16/h2-7H,8-9,16H2,1H3,(H,17,18). The van der Waals surface area contributed by atoms with Crippen LogP contribution in [0.1, 0.15) is 5.56 Å². The minimum absolute atomic E-state index is 0.524. The lowest BCUT2D eigenvalue weighted by molar-refractivity contribution is 0.334. The molecule has 0 unspecified atom stereocenters. The molecule has 5 heteroatoms. The molecule has 0 spiro atoms. The Balaban J connectivity index is 1.84. The Hall–Kier alpha value is -1.75. The largest absolute Gasteiger partial charge is 0.490 e. The third kappa shape index (κ3) is 3.61. The Kier molecular flexibility index (Phi) is 4.63. The average molecular weight is 322 g/mol. The topological polar surface area (TPSA) is 60.2 Å². The van der Waals surface area contributed by atoms with Crippen molar-refractivity contribution in [2.45, 2.75) is 6.92 Å². The highest BCUT2D eigenvalue weighted by Gasteiger charge is 2.03. The number of para-hydroxylation sites is 2. The molecule has 0 amide bonds. The molecule has 0 fully saturated rings. The Morgan fingerprint density at radius 3 is 2.89 bits per heavy atom. The van der Waals surface area contributed by atoms with Crippen LogP contribution in [0.3, 0.4) is 0 Å². The second-order valence-electron chi connectivity index (χ2n) is 4.10. The molecule has 4 nitrogen and oxygen atoms in total. The Morgan fingerprint density at radius 1 is 1.32 bits per heavy atom. The summed E-state index contributed by atoms with van der Waals surface area (Å²) in [6.07, 6.45) is 1.78. The van der Waals surface area contributed by atoms with E-state index in [4.69, 9.17) is 10.5 Å². The van der Waals surface area contributed by atoms with E-state index < -0.39 is 0 Å². The van der Waals surface area contributed by atoms with Gasteiger partial charge < -0.3 is 15.8 Å². The molecular weight excluding hydrogens is 306 g/mol. The molecule has 1 heterocycles. The SMILES string of the molecule is Cc1ccnc(NCCOc2ccccc2N)c1Br. The van der Waals surface area contributed by atoms with Crippen LogP contribution in [0.2, 0.25) is 0 Å². The normalized spacial score (nSPS) is 10.2. The van der Waals surface area contributed by atoms with Gasteiger partial charge in [0.15, 0.2) is 0 Å². The van der Waals surface area contributed by atoms with Gasteiger partial charge in [0, 0.05) is 6.20 Å². The van der Waals surface area contributed by atoms with Gasteiger partial charge in [-0.25, -0.2) is 4.98 Å². The molecule has 1 aromatic carbocycles. The smallest absolute Gasteiger partial charge is 0.142 e. The first kappa shape index (κ1) is 13.7. The number of aromatic nitrogens is 1. The molecule has 2 rings (SSSR count). The van der Waals surface area contributed by atoms with Gasteiger partial charge in [-0.2, -0.15) is 0 Å². The highest BCUT2D eigenvalue weighted by molar-refractivity contribution is 9.10. The van der Waals surface area contributed by atoms with Gasteiger partial charge in [0.2, 0.25) is 0 Å². The molecule has 2 aromatic rings. The summed E-state index contributed by atoms with van der Waals surface area (Å²) in [5.41, 5.74) is 7.59. The van der Waals surface area contributed by atoms with Gasteiger partial charge in [0.05, 0.1) is 16.7 Å². The van der Waals surface area contributed by atoms with Crippen molar-refractivity contribution in [1.82, 2.24) is 4.98 Å². The summed E-state index contributed by atoms with van der Waals surface area (Å²) in [5, 5.41) is 3.22. The lowest BCUT2D eigenvalue weighted by Gasteiger charge is -2.11. The van der Waals surface area contributed by atoms with Gasteiger partial charge in [0.1, 0.15) is 18.2 Å². The number of nitrogens with one attached hydrogen (secondary N) is 1. The minimum Gasteiger partial charge on any atom is -0.490 e. The first-order chi connectivity index (χ1) is 9.18. The summed E-state index contributed by atoms with van der Waals surface area (Å²) in [6, 6.07) is 9.42. The van der Waals surface area contributed by atoms with E-state index in [0.29, 0.717) is 24.6 Å². The van der Waals surface area contributed by atoms with Crippen LogP contribution < -0.4 is 15.8 Å². The molecule has 0 aliphatic heterocycles. The summed E-state index contributed by atoms with van der Waals surface area (Å²) >= 11 is 3.50. The average Bonchev–Trinajstić information content (AvgIpc) is 2.41. The number of pyridine rings is 1. The maximum atomic E-state index is 5.79. The number of aryl methyl sites for hydroxylation is 1. The van der Waals surface area contributed by atoms with Crippen LogP contribution in [0.25, 0.3) is 0 Å². The maximum Gasteiger partial charge on any atom is 0.142 e. The van der Waals surface area contributed by atoms with Gasteiger partial charge >= 0.3 is 0 Å². The number of hydrogen-bond donors (Lipinski definition) is 2. The number of nitrogens with two attached hydrogens (primary N) is 1. The van der Waals surface area contributed by atoms with E-state index in [1.165, 1.54) is 0 Å². The van der Waals surface area contributed by atoms with Crippen molar-refractivity contribution in [1.29, 1.82) is 0 Å². The number of benzene rings is 1. The molecule has 0 atom stereocenters. The van der Waals surface area contributed by atoms with Crippen molar-refractivity contribution in [3.63, 3.8) is 0 Å². The van der Waals surface area contributed by atoms with Crippen LogP contribution in [0.5, 0.6) is 5.75 Å². The van der Waals surface area contributed by atoms with Crippen molar-refractivity contribution >= 4 is 27.4 Å². The fraction of sp³-hybridized carbons (Fsp3) is 0.214. The van der Waals surface area contributed by atoms with Crippen LogP contribution in [-0.4, -0.2) is 18.1 Å². The Bertz CT molecular complexity index is 560. The van der Waals surface area contributed by atoms with Crippen LogP contribution in [0, 0.1) is 6.92 Å². The summed E-state index contributed by atoms with van der Waals surface area (Å²) in [6.45, 7) is 3.21. The van der Waals surface area contributed by atoms with E-state index in [2.05, 4.69) is 26.2 Å². The number of ether oxygens (including phenoxy) is 1. The van der Waals surface area contributed by atoms with Crippen LogP contribution in [0.15, 0.2) is 41.0 Å². The monoisotopic (exact) mass is 321 g/mol. The zero-order chi connectivity index (χ0) is 13.7. The van der Waals surface area contributed by atoms with Gasteiger partial charge in [0.25, 0.3) is 0 Å². The van der Waals surface area contributed by atoms with E-state index in [1.807, 2.05) is 37.3 Å². The molecule has 3 N–H and O–H groups in total. The van der Waals surface area contributed by atoms with Gasteiger partial charge in [-0.05, 0) is 46.6 Å². The second kappa shape index (κ2) is 6.43. The van der Waals surface area contributed by atoms with E-state index in [9.17, 15) is 0 Å². The first-order valence-electron chi connectivity index (χ1n) is 6.01. The summed E-state index contributed by atoms with van der Waals surface area (Å²) in [4.78, 5) is 4.26. The van der Waals surface area contributed by atoms with Crippen molar-refractivity contribution in [2.75, 3.05) is 24.2 Å². The number of anilines is 2. The highest BCUT2D eigenvalue weighted by Crippen LogP contribution is 2.23. The van der Waals surface area contributed by atoms with Crippen LogP contribution in [0.4, 0.5) is 11.5 Å². The second-order valence-corrected chi connectivity index (χ2v) is 4.90. The highest BCUT2D eigenvalue weighted by atomic mass is 79.9. The molecule has 0 bridgehead atoms. The molecule has 1 aromatic heterocycles. The predicted molar refractivity (Wildman–Crippen MR) is 81.5 cm³/mol. The van der Waals surface area contributed by atoms with Gasteiger partial charge in [-0.3, -0.25) is 0 Å². The first-order valence-corrected chi connectivity index (χ1v) is 6.80.